The number of carbonyl (C=O) groups excluding carboxylic acids is 1. The Morgan fingerprint density at radius 2 is 2.05 bits per heavy atom. The first-order valence-corrected chi connectivity index (χ1v) is 7.21. The Labute approximate surface area is 127 Å². The fraction of sp³-hybridized carbons (Fsp3) is 0.562. The minimum absolute atomic E-state index is 0.177. The van der Waals surface area contributed by atoms with Crippen LogP contribution in [0.15, 0.2) is 18.2 Å². The standard InChI is InChI=1S/C16H27N3O2/c1-11(2)8-13(17)16(20)18-14-9-12(10-19(3)4)6-7-15(14)21-5/h6-7,9,11,13H,8,10,17H2,1-5H3,(H,18,20). The molecule has 0 radical (unpaired) electrons. The first-order valence-electron chi connectivity index (χ1n) is 7.21. The van der Waals surface area contributed by atoms with E-state index in [2.05, 4.69) is 10.2 Å². The van der Waals surface area contributed by atoms with Gasteiger partial charge in [-0.3, -0.25) is 4.79 Å². The molecule has 0 aromatic heterocycles. The predicted molar refractivity (Wildman–Crippen MR) is 86.4 cm³/mol. The van der Waals surface area contributed by atoms with Crippen LogP contribution in [0.5, 0.6) is 5.75 Å². The van der Waals surface area contributed by atoms with Gasteiger partial charge in [0.2, 0.25) is 5.91 Å². The Hall–Kier alpha value is -1.59. The van der Waals surface area contributed by atoms with Crippen molar-refractivity contribution in [2.75, 3.05) is 26.5 Å². The lowest BCUT2D eigenvalue weighted by atomic mass is 10.0. The molecule has 0 bridgehead atoms. The molecule has 0 aliphatic carbocycles. The Morgan fingerprint density at radius 3 is 2.57 bits per heavy atom. The van der Waals surface area contributed by atoms with Gasteiger partial charge in [-0.05, 0) is 44.1 Å². The first kappa shape index (κ1) is 17.5. The fourth-order valence-electron chi connectivity index (χ4n) is 2.16. The van der Waals surface area contributed by atoms with E-state index in [0.717, 1.165) is 12.1 Å². The second kappa shape index (κ2) is 8.00. The van der Waals surface area contributed by atoms with Crippen molar-refractivity contribution in [3.8, 4) is 5.75 Å². The van der Waals surface area contributed by atoms with E-state index in [1.165, 1.54) is 0 Å². The lowest BCUT2D eigenvalue weighted by Gasteiger charge is -2.17. The van der Waals surface area contributed by atoms with E-state index >= 15 is 0 Å². The van der Waals surface area contributed by atoms with Crippen molar-refractivity contribution < 1.29 is 9.53 Å². The molecular formula is C16H27N3O2. The molecule has 3 N–H and O–H groups in total. The van der Waals surface area contributed by atoms with E-state index in [0.29, 0.717) is 23.8 Å². The van der Waals surface area contributed by atoms with Gasteiger partial charge in [0.25, 0.3) is 0 Å². The topological polar surface area (TPSA) is 67.6 Å². The van der Waals surface area contributed by atoms with E-state index in [4.69, 9.17) is 10.5 Å². The number of nitrogens with zero attached hydrogens (tertiary/aromatic N) is 1. The van der Waals surface area contributed by atoms with Crippen molar-refractivity contribution >= 4 is 11.6 Å². The maximum atomic E-state index is 12.1. The number of amides is 1. The van der Waals surface area contributed by atoms with Crippen molar-refractivity contribution in [3.05, 3.63) is 23.8 Å². The number of rotatable bonds is 7. The van der Waals surface area contributed by atoms with Gasteiger partial charge in [-0.15, -0.1) is 0 Å². The van der Waals surface area contributed by atoms with Crippen LogP contribution < -0.4 is 15.8 Å². The van der Waals surface area contributed by atoms with Crippen molar-refractivity contribution in [3.63, 3.8) is 0 Å². The maximum absolute atomic E-state index is 12.1. The summed E-state index contributed by atoms with van der Waals surface area (Å²) in [7, 11) is 5.59. The zero-order valence-electron chi connectivity index (χ0n) is 13.6. The third-order valence-corrected chi connectivity index (χ3v) is 3.08. The molecular weight excluding hydrogens is 266 g/mol. The average Bonchev–Trinajstić information content (AvgIpc) is 2.37. The summed E-state index contributed by atoms with van der Waals surface area (Å²) in [5.41, 5.74) is 7.69. The number of ether oxygens (including phenoxy) is 1. The SMILES string of the molecule is COc1ccc(CN(C)C)cc1NC(=O)C(N)CC(C)C. The predicted octanol–water partition coefficient (Wildman–Crippen LogP) is 2.07. The Morgan fingerprint density at radius 1 is 1.38 bits per heavy atom. The van der Waals surface area contributed by atoms with Gasteiger partial charge in [0.05, 0.1) is 18.8 Å². The van der Waals surface area contributed by atoms with Gasteiger partial charge in [0.1, 0.15) is 5.75 Å². The zero-order valence-corrected chi connectivity index (χ0v) is 13.6. The minimum Gasteiger partial charge on any atom is -0.495 e. The van der Waals surface area contributed by atoms with Crippen LogP contribution in [-0.2, 0) is 11.3 Å². The van der Waals surface area contributed by atoms with Crippen LogP contribution in [0.1, 0.15) is 25.8 Å². The number of benzene rings is 1. The molecule has 0 aliphatic heterocycles. The van der Waals surface area contributed by atoms with Gasteiger partial charge in [0.15, 0.2) is 0 Å². The lowest BCUT2D eigenvalue weighted by Crippen LogP contribution is -2.36. The van der Waals surface area contributed by atoms with E-state index in [1.54, 1.807) is 7.11 Å². The summed E-state index contributed by atoms with van der Waals surface area (Å²) < 4.78 is 5.30. The maximum Gasteiger partial charge on any atom is 0.241 e. The van der Waals surface area contributed by atoms with E-state index in [9.17, 15) is 4.79 Å². The average molecular weight is 293 g/mol. The molecule has 0 aliphatic rings. The molecule has 1 aromatic carbocycles. The van der Waals surface area contributed by atoms with Gasteiger partial charge in [-0.1, -0.05) is 19.9 Å². The highest BCUT2D eigenvalue weighted by Gasteiger charge is 2.17. The van der Waals surface area contributed by atoms with Crippen LogP contribution in [0.25, 0.3) is 0 Å². The largest absolute Gasteiger partial charge is 0.495 e. The molecule has 1 unspecified atom stereocenters. The highest BCUT2D eigenvalue weighted by molar-refractivity contribution is 5.96. The van der Waals surface area contributed by atoms with Crippen molar-refractivity contribution in [1.29, 1.82) is 0 Å². The summed E-state index contributed by atoms with van der Waals surface area (Å²) in [5, 5.41) is 2.87. The summed E-state index contributed by atoms with van der Waals surface area (Å²) in [5.74, 6) is 0.847. The number of hydrogen-bond acceptors (Lipinski definition) is 4. The van der Waals surface area contributed by atoms with Crippen LogP contribution in [-0.4, -0.2) is 38.1 Å². The van der Waals surface area contributed by atoms with Crippen molar-refractivity contribution in [2.45, 2.75) is 32.9 Å². The molecule has 0 saturated heterocycles. The second-order valence-electron chi connectivity index (χ2n) is 6.00. The van der Waals surface area contributed by atoms with Crippen molar-refractivity contribution in [2.24, 2.45) is 11.7 Å². The number of carbonyl (C=O) groups is 1. The van der Waals surface area contributed by atoms with Crippen molar-refractivity contribution in [1.82, 2.24) is 4.90 Å². The molecule has 0 spiro atoms. The molecule has 0 fully saturated rings. The third-order valence-electron chi connectivity index (χ3n) is 3.08. The normalized spacial score (nSPS) is 12.6. The smallest absolute Gasteiger partial charge is 0.241 e. The zero-order chi connectivity index (χ0) is 16.0. The minimum atomic E-state index is -0.507. The number of methoxy groups -OCH3 is 1. The Kier molecular flexibility index (Phi) is 6.65. The van der Waals surface area contributed by atoms with E-state index < -0.39 is 6.04 Å². The van der Waals surface area contributed by atoms with Crippen LogP contribution >= 0.6 is 0 Å². The first-order chi connectivity index (χ1) is 9.83. The molecule has 0 heterocycles. The van der Waals surface area contributed by atoms with Crippen LogP contribution in [0.3, 0.4) is 0 Å². The van der Waals surface area contributed by atoms with Gasteiger partial charge in [0, 0.05) is 6.54 Å². The number of anilines is 1. The fourth-order valence-corrected chi connectivity index (χ4v) is 2.16. The molecule has 1 aromatic rings. The van der Waals surface area contributed by atoms with Gasteiger partial charge in [-0.25, -0.2) is 0 Å². The number of hydrogen-bond donors (Lipinski definition) is 2. The van der Waals surface area contributed by atoms with Gasteiger partial charge >= 0.3 is 0 Å². The number of nitrogens with two attached hydrogens (primary N) is 1. The molecule has 0 saturated carbocycles. The summed E-state index contributed by atoms with van der Waals surface area (Å²) in [6.07, 6.45) is 0.658. The molecule has 1 amide bonds. The third kappa shape index (κ3) is 5.73. The summed E-state index contributed by atoms with van der Waals surface area (Å²) >= 11 is 0. The highest BCUT2D eigenvalue weighted by atomic mass is 16.5. The summed E-state index contributed by atoms with van der Waals surface area (Å²) in [4.78, 5) is 14.2. The molecule has 5 nitrogen and oxygen atoms in total. The molecule has 118 valence electrons. The Bertz CT molecular complexity index is 473. The van der Waals surface area contributed by atoms with Crippen LogP contribution in [0.4, 0.5) is 5.69 Å². The number of nitrogens with one attached hydrogen (secondary N) is 1. The molecule has 21 heavy (non-hydrogen) atoms. The summed E-state index contributed by atoms with van der Waals surface area (Å²) in [6.45, 7) is 4.89. The molecule has 1 atom stereocenters. The van der Waals surface area contributed by atoms with E-state index in [1.807, 2.05) is 46.1 Å². The van der Waals surface area contributed by atoms with E-state index in [-0.39, 0.29) is 5.91 Å². The van der Waals surface area contributed by atoms with Crippen LogP contribution in [0, 0.1) is 5.92 Å². The quantitative estimate of drug-likeness (QED) is 0.807. The van der Waals surface area contributed by atoms with Gasteiger partial charge < -0.3 is 20.7 Å². The lowest BCUT2D eigenvalue weighted by molar-refractivity contribution is -0.117. The monoisotopic (exact) mass is 293 g/mol. The second-order valence-corrected chi connectivity index (χ2v) is 6.00. The van der Waals surface area contributed by atoms with Gasteiger partial charge in [-0.2, -0.15) is 0 Å². The molecule has 1 rings (SSSR count). The Balaban J connectivity index is 2.86. The molecule has 5 heteroatoms. The van der Waals surface area contributed by atoms with Crippen LogP contribution in [0.2, 0.25) is 0 Å². The summed E-state index contributed by atoms with van der Waals surface area (Å²) in [6, 6.07) is 5.27. The highest BCUT2D eigenvalue weighted by Crippen LogP contribution is 2.26.